The summed E-state index contributed by atoms with van der Waals surface area (Å²) in [7, 11) is 0. The van der Waals surface area contributed by atoms with Gasteiger partial charge < -0.3 is 18.6 Å². The second-order valence-corrected chi connectivity index (χ2v) is 21.2. The molecule has 0 amide bonds. The third kappa shape index (κ3) is 7.44. The first-order valence-corrected chi connectivity index (χ1v) is 22.1. The maximum Gasteiger partial charge on any atom is 0.160 e. The average Bonchev–Trinajstić information content (AvgIpc) is 3.79. The predicted octanol–water partition coefficient (Wildman–Crippen LogP) is 17.6. The summed E-state index contributed by atoms with van der Waals surface area (Å²) in [5, 5.41) is 4.21. The van der Waals surface area contributed by atoms with Crippen molar-refractivity contribution in [3.8, 4) is 0 Å². The molecule has 9 aromatic rings. The Morgan fingerprint density at radius 1 is 0.323 bits per heavy atom. The van der Waals surface area contributed by atoms with Crippen LogP contribution in [0.25, 0.3) is 43.9 Å². The Morgan fingerprint density at radius 3 is 1.15 bits per heavy atom. The second-order valence-electron chi connectivity index (χ2n) is 21.2. The number of rotatable bonds is 6. The molecule has 7 aromatic carbocycles. The highest BCUT2D eigenvalue weighted by Crippen LogP contribution is 2.49. The van der Waals surface area contributed by atoms with Crippen LogP contribution in [0.5, 0.6) is 0 Å². The number of para-hydroxylation sites is 1. The SMILES string of the molecule is CC(C)(C)c1ccc(N(c2ccc(C(C)(C)C)cc2)c2ccc3c(c2)oc2cc(N(c4ccc(C(C)(C)C)cc4)c4ccc(C(C)(C)C)cc4)c4oc5ccccc5c4c23)cc1. The van der Waals surface area contributed by atoms with Crippen molar-refractivity contribution in [2.24, 2.45) is 0 Å². The third-order valence-electron chi connectivity index (χ3n) is 12.5. The van der Waals surface area contributed by atoms with Crippen molar-refractivity contribution in [1.82, 2.24) is 0 Å². The van der Waals surface area contributed by atoms with Crippen LogP contribution in [0.4, 0.5) is 34.1 Å². The van der Waals surface area contributed by atoms with Crippen molar-refractivity contribution in [1.29, 1.82) is 0 Å². The molecule has 4 nitrogen and oxygen atoms in total. The Morgan fingerprint density at radius 2 is 0.710 bits per heavy atom. The summed E-state index contributed by atoms with van der Waals surface area (Å²) in [6, 6.07) is 53.2. The molecule has 0 saturated carbocycles. The maximum absolute atomic E-state index is 7.06. The molecule has 0 saturated heterocycles. The minimum Gasteiger partial charge on any atom is -0.456 e. The summed E-state index contributed by atoms with van der Waals surface area (Å²) in [4.78, 5) is 4.66. The van der Waals surface area contributed by atoms with Crippen LogP contribution in [0.2, 0.25) is 0 Å². The van der Waals surface area contributed by atoms with E-state index in [9.17, 15) is 0 Å². The van der Waals surface area contributed by atoms with Crippen molar-refractivity contribution in [3.05, 3.63) is 168 Å². The summed E-state index contributed by atoms with van der Waals surface area (Å²) in [6.45, 7) is 27.1. The lowest BCUT2D eigenvalue weighted by Crippen LogP contribution is -2.14. The van der Waals surface area contributed by atoms with E-state index in [4.69, 9.17) is 8.83 Å². The van der Waals surface area contributed by atoms with E-state index in [1.807, 2.05) is 6.07 Å². The Labute approximate surface area is 367 Å². The fraction of sp³-hybridized carbons (Fsp3) is 0.276. The molecule has 0 fully saturated rings. The van der Waals surface area contributed by atoms with E-state index in [1.165, 1.54) is 22.3 Å². The van der Waals surface area contributed by atoms with Gasteiger partial charge in [0.15, 0.2) is 5.58 Å². The number of hydrogen-bond donors (Lipinski definition) is 0. The fourth-order valence-corrected chi connectivity index (χ4v) is 8.75. The van der Waals surface area contributed by atoms with Crippen LogP contribution < -0.4 is 9.80 Å². The van der Waals surface area contributed by atoms with Gasteiger partial charge in [-0.1, -0.05) is 150 Å². The van der Waals surface area contributed by atoms with Gasteiger partial charge in [-0.3, -0.25) is 0 Å². The second kappa shape index (κ2) is 14.7. The lowest BCUT2D eigenvalue weighted by atomic mass is 9.86. The Kier molecular flexibility index (Phi) is 9.74. The third-order valence-corrected chi connectivity index (χ3v) is 12.5. The van der Waals surface area contributed by atoms with Crippen LogP contribution in [-0.2, 0) is 21.7 Å². The normalized spacial score (nSPS) is 12.8. The standard InChI is InChI=1S/C58H60N2O2/c1-55(2,3)37-17-25-41(26-18-37)59(42-27-19-38(20-28-42)56(4,5)6)45-33-34-47-50(35-45)61-51-36-48(54-53(52(47)51)46-15-13-14-16-49(46)62-54)60(43-29-21-39(22-30-43)57(7,8)9)44-31-23-40(24-32-44)58(10,11)12/h13-36H,1-12H3. The molecule has 2 aromatic heterocycles. The highest BCUT2D eigenvalue weighted by molar-refractivity contribution is 6.28. The van der Waals surface area contributed by atoms with E-state index in [0.717, 1.165) is 78.0 Å². The molecule has 0 aliphatic heterocycles. The molecule has 62 heavy (non-hydrogen) atoms. The molecule has 4 heteroatoms. The largest absolute Gasteiger partial charge is 0.456 e. The van der Waals surface area contributed by atoms with E-state index in [0.29, 0.717) is 0 Å². The predicted molar refractivity (Wildman–Crippen MR) is 265 cm³/mol. The van der Waals surface area contributed by atoms with Crippen LogP contribution in [-0.4, -0.2) is 0 Å². The van der Waals surface area contributed by atoms with Gasteiger partial charge in [0.25, 0.3) is 0 Å². The summed E-state index contributed by atoms with van der Waals surface area (Å²) in [5.74, 6) is 0. The molecule has 0 bridgehead atoms. The van der Waals surface area contributed by atoms with Gasteiger partial charge in [-0.15, -0.1) is 0 Å². The Bertz CT molecular complexity index is 2950. The van der Waals surface area contributed by atoms with Crippen molar-refractivity contribution < 1.29 is 8.83 Å². The highest BCUT2D eigenvalue weighted by Gasteiger charge is 2.27. The van der Waals surface area contributed by atoms with Gasteiger partial charge >= 0.3 is 0 Å². The maximum atomic E-state index is 7.06. The topological polar surface area (TPSA) is 32.8 Å². The Hall–Kier alpha value is -6.26. The quantitative estimate of drug-likeness (QED) is 0.167. The van der Waals surface area contributed by atoms with E-state index in [-0.39, 0.29) is 21.7 Å². The number of furan rings is 2. The van der Waals surface area contributed by atoms with Crippen LogP contribution in [0, 0.1) is 0 Å². The van der Waals surface area contributed by atoms with E-state index in [1.54, 1.807) is 0 Å². The fourth-order valence-electron chi connectivity index (χ4n) is 8.75. The number of benzene rings is 7. The van der Waals surface area contributed by atoms with Crippen LogP contribution in [0.15, 0.2) is 154 Å². The monoisotopic (exact) mass is 816 g/mol. The van der Waals surface area contributed by atoms with Crippen LogP contribution in [0.3, 0.4) is 0 Å². The van der Waals surface area contributed by atoms with Crippen LogP contribution >= 0.6 is 0 Å². The van der Waals surface area contributed by atoms with E-state index >= 15 is 0 Å². The van der Waals surface area contributed by atoms with E-state index < -0.39 is 0 Å². The summed E-state index contributed by atoms with van der Waals surface area (Å²) in [5.41, 5.74) is 14.8. The van der Waals surface area contributed by atoms with E-state index in [2.05, 4.69) is 232 Å². The molecular formula is C58H60N2O2. The van der Waals surface area contributed by atoms with Gasteiger partial charge in [-0.2, -0.15) is 0 Å². The first-order valence-electron chi connectivity index (χ1n) is 22.1. The van der Waals surface area contributed by atoms with Gasteiger partial charge in [0.2, 0.25) is 0 Å². The zero-order valence-electron chi connectivity index (χ0n) is 38.6. The first-order chi connectivity index (χ1) is 29.3. The summed E-state index contributed by atoms with van der Waals surface area (Å²) < 4.78 is 14.0. The van der Waals surface area contributed by atoms with Crippen molar-refractivity contribution in [2.45, 2.75) is 105 Å². The van der Waals surface area contributed by atoms with Crippen molar-refractivity contribution in [2.75, 3.05) is 9.80 Å². The molecule has 0 N–H and O–H groups in total. The molecule has 314 valence electrons. The van der Waals surface area contributed by atoms with Gasteiger partial charge in [-0.05, 0) is 111 Å². The molecule has 0 unspecified atom stereocenters. The van der Waals surface area contributed by atoms with Gasteiger partial charge in [0.1, 0.15) is 16.7 Å². The molecule has 9 rings (SSSR count). The summed E-state index contributed by atoms with van der Waals surface area (Å²) >= 11 is 0. The van der Waals surface area contributed by atoms with Gasteiger partial charge in [-0.25, -0.2) is 0 Å². The number of hydrogen-bond acceptors (Lipinski definition) is 4. The van der Waals surface area contributed by atoms with Crippen LogP contribution in [0.1, 0.15) is 105 Å². The van der Waals surface area contributed by atoms with Crippen molar-refractivity contribution in [3.63, 3.8) is 0 Å². The minimum atomic E-state index is 0.0249. The zero-order valence-corrected chi connectivity index (χ0v) is 38.6. The Balaban J connectivity index is 1.27. The lowest BCUT2D eigenvalue weighted by Gasteiger charge is -2.28. The molecule has 0 spiro atoms. The molecular weight excluding hydrogens is 757 g/mol. The average molecular weight is 817 g/mol. The number of nitrogens with zero attached hydrogens (tertiary/aromatic N) is 2. The smallest absolute Gasteiger partial charge is 0.160 e. The van der Waals surface area contributed by atoms with Crippen molar-refractivity contribution >= 4 is 78.0 Å². The number of anilines is 6. The first kappa shape index (κ1) is 41.1. The van der Waals surface area contributed by atoms with Gasteiger partial charge in [0.05, 0.1) is 5.69 Å². The highest BCUT2D eigenvalue weighted by atomic mass is 16.3. The zero-order chi connectivity index (χ0) is 43.9. The number of fused-ring (bicyclic) bond motifs is 7. The molecule has 0 aliphatic rings. The molecule has 2 heterocycles. The molecule has 0 aliphatic carbocycles. The summed E-state index contributed by atoms with van der Waals surface area (Å²) in [6.07, 6.45) is 0. The molecule has 0 radical (unpaired) electrons. The minimum absolute atomic E-state index is 0.0249. The lowest BCUT2D eigenvalue weighted by molar-refractivity contribution is 0.590. The van der Waals surface area contributed by atoms with Gasteiger partial charge in [0, 0.05) is 62.1 Å². The molecule has 0 atom stereocenters.